The van der Waals surface area contributed by atoms with Crippen LogP contribution in [-0.4, -0.2) is 82.9 Å². The summed E-state index contributed by atoms with van der Waals surface area (Å²) >= 11 is 0. The van der Waals surface area contributed by atoms with Gasteiger partial charge in [-0.3, -0.25) is 9.59 Å². The van der Waals surface area contributed by atoms with Crippen molar-refractivity contribution in [3.63, 3.8) is 0 Å². The van der Waals surface area contributed by atoms with E-state index in [2.05, 4.69) is 4.74 Å². The Kier molecular flexibility index (Phi) is 17.8. The summed E-state index contributed by atoms with van der Waals surface area (Å²) in [5.41, 5.74) is -5.47. The van der Waals surface area contributed by atoms with Gasteiger partial charge in [0.05, 0.1) is 11.8 Å². The number of aromatic hydroxyl groups is 2. The highest BCUT2D eigenvalue weighted by molar-refractivity contribution is 7.94. The summed E-state index contributed by atoms with van der Waals surface area (Å²) in [6.07, 6.45) is 7.50. The van der Waals surface area contributed by atoms with Gasteiger partial charge in [-0.15, -0.1) is 0 Å². The highest BCUT2D eigenvalue weighted by Gasteiger charge is 2.63. The molecule has 0 heterocycles. The predicted molar refractivity (Wildman–Crippen MR) is 290 cm³/mol. The summed E-state index contributed by atoms with van der Waals surface area (Å²) in [7, 11) is -15.8. The van der Waals surface area contributed by atoms with Crippen LogP contribution in [0.4, 0.5) is 30.7 Å². The maximum Gasteiger partial charge on any atom is 0.498 e. The Hall–Kier alpha value is -6.78. The van der Waals surface area contributed by atoms with Gasteiger partial charge in [0.15, 0.2) is 22.7 Å². The molecule has 4 bridgehead atoms. The molecule has 82 heavy (non-hydrogen) atoms. The fourth-order valence-corrected chi connectivity index (χ4v) is 16.1. The molecule has 0 radical (unpaired) electrons. The minimum absolute atomic E-state index is 0.0294. The fraction of sp³-hybridized carbons (Fsp3) is 0.367. The van der Waals surface area contributed by atoms with Gasteiger partial charge < -0.3 is 19.7 Å². The molecule has 4 aliphatic rings. The molecule has 12 nitrogen and oxygen atoms in total. The third kappa shape index (κ3) is 11.8. The van der Waals surface area contributed by atoms with Crippen molar-refractivity contribution in [3.05, 3.63) is 203 Å². The molecule has 22 heteroatoms. The van der Waals surface area contributed by atoms with E-state index in [0.29, 0.717) is 30.9 Å². The molecule has 6 aromatic carbocycles. The number of sulfone groups is 3. The van der Waals surface area contributed by atoms with Crippen LogP contribution in [-0.2, 0) is 58.1 Å². The highest BCUT2D eigenvalue weighted by atomic mass is 32.2. The zero-order chi connectivity index (χ0) is 59.5. The van der Waals surface area contributed by atoms with Gasteiger partial charge in [0, 0.05) is 6.26 Å². The Bertz CT molecular complexity index is 3440. The van der Waals surface area contributed by atoms with Crippen LogP contribution in [0, 0.1) is 35.5 Å². The maximum atomic E-state index is 16.0. The van der Waals surface area contributed by atoms with E-state index in [4.69, 9.17) is 4.74 Å². The molecule has 4 aliphatic carbocycles. The molecule has 438 valence electrons. The van der Waals surface area contributed by atoms with Crippen LogP contribution in [0.25, 0.3) is 0 Å². The SMILES string of the molecule is CS(=O)(=O)C(F)(F)COC(=O)C1CC2CCC1C2.O=C(OCC(F)(F)S(=O)(=O)C(c1ccccc1)(c1ccccc1)c1ccc(O)cc1)C1CC2CCC1C2.O=S(=O)(C(F)(F)F)C(c1ccccc1)(c1ccccc1)c1ccc(O)cc1. The van der Waals surface area contributed by atoms with Crippen LogP contribution < -0.4 is 0 Å². The van der Waals surface area contributed by atoms with Crippen LogP contribution >= 0.6 is 0 Å². The van der Waals surface area contributed by atoms with Crippen molar-refractivity contribution in [2.75, 3.05) is 19.5 Å². The van der Waals surface area contributed by atoms with Gasteiger partial charge in [-0.2, -0.15) is 30.7 Å². The van der Waals surface area contributed by atoms with Gasteiger partial charge in [0.2, 0.25) is 19.7 Å². The topological polar surface area (TPSA) is 195 Å². The number of alkyl halides is 7. The Labute approximate surface area is 471 Å². The van der Waals surface area contributed by atoms with Gasteiger partial charge in [0.1, 0.15) is 11.5 Å². The van der Waals surface area contributed by atoms with E-state index >= 15 is 8.78 Å². The van der Waals surface area contributed by atoms with Crippen molar-refractivity contribution in [1.82, 2.24) is 0 Å². The minimum Gasteiger partial charge on any atom is -0.508 e. The number of hydrogen-bond donors (Lipinski definition) is 2. The normalized spacial score (nSPS) is 20.9. The first-order chi connectivity index (χ1) is 38.6. The summed E-state index contributed by atoms with van der Waals surface area (Å²) in [6.45, 7) is -2.94. The lowest BCUT2D eigenvalue weighted by Crippen LogP contribution is -2.50. The van der Waals surface area contributed by atoms with E-state index in [-0.39, 0.29) is 62.6 Å². The summed E-state index contributed by atoms with van der Waals surface area (Å²) < 4.78 is 180. The lowest BCUT2D eigenvalue weighted by molar-refractivity contribution is -0.156. The molecule has 6 unspecified atom stereocenters. The lowest BCUT2D eigenvalue weighted by atomic mass is 9.84. The van der Waals surface area contributed by atoms with Crippen LogP contribution in [0.2, 0.25) is 0 Å². The zero-order valence-electron chi connectivity index (χ0n) is 44.0. The van der Waals surface area contributed by atoms with E-state index in [9.17, 15) is 67.0 Å². The number of rotatable bonds is 16. The van der Waals surface area contributed by atoms with Crippen LogP contribution in [0.3, 0.4) is 0 Å². The maximum absolute atomic E-state index is 16.0. The molecule has 0 amide bonds. The van der Waals surface area contributed by atoms with E-state index in [1.807, 2.05) is 0 Å². The Morgan fingerprint density at radius 1 is 0.427 bits per heavy atom. The number of carbonyl (C=O) groups excluding carboxylic acids is 2. The second-order valence-electron chi connectivity index (χ2n) is 21.2. The molecule has 0 aromatic heterocycles. The lowest BCUT2D eigenvalue weighted by Gasteiger charge is -2.37. The number of phenolic OH excluding ortho intramolecular Hbond substituents is 2. The summed E-state index contributed by atoms with van der Waals surface area (Å²) in [5, 5.41) is 11.0. The van der Waals surface area contributed by atoms with Gasteiger partial charge in [-0.25, -0.2) is 25.3 Å². The zero-order valence-corrected chi connectivity index (χ0v) is 46.5. The molecular weight excluding hydrogens is 1140 g/mol. The molecule has 10 rings (SSSR count). The summed E-state index contributed by atoms with van der Waals surface area (Å²) in [6, 6.07) is 40.0. The molecule has 4 saturated carbocycles. The van der Waals surface area contributed by atoms with E-state index in [0.717, 1.165) is 38.5 Å². The number of esters is 2. The van der Waals surface area contributed by atoms with Crippen molar-refractivity contribution >= 4 is 41.5 Å². The van der Waals surface area contributed by atoms with Gasteiger partial charge in [-0.1, -0.05) is 158 Å². The average Bonchev–Trinajstić information content (AvgIpc) is 2.34. The standard InChI is InChI=1S/C29H28F2O5S.C20H15F3O3S.C11H16F2O4S/c30-28(31,19-36-27(33)26-18-20-11-12-21(26)17-20)37(34,35)29(22-7-3-1-4-8-22,23-9-5-2-6-10-23)24-13-15-25(32)16-14-24;21-20(22,23)27(25,26)19(15-7-3-1-4-8-15,16-9-5-2-6-10-16)17-11-13-18(24)14-12-17;1-18(15,16)11(12,13)6-17-10(14)9-5-7-2-3-8(9)4-7/h1-10,13-16,20-21,26,32H,11-12,17-19H2;1-14,24H;7-9H,2-6H2,1H3. The van der Waals surface area contributed by atoms with Crippen molar-refractivity contribution in [2.24, 2.45) is 35.5 Å². The first-order valence-electron chi connectivity index (χ1n) is 26.2. The quantitative estimate of drug-likeness (QED) is 0.0529. The number of phenols is 2. The number of fused-ring (bicyclic) bond motifs is 4. The van der Waals surface area contributed by atoms with Crippen molar-refractivity contribution < 1.29 is 85.3 Å². The average molecular weight is 1200 g/mol. The van der Waals surface area contributed by atoms with Gasteiger partial charge >= 0.3 is 28.0 Å². The number of ether oxygens (including phenoxy) is 2. The minimum atomic E-state index is -5.75. The Balaban J connectivity index is 0.000000172. The molecule has 4 fully saturated rings. The molecular formula is C60H59F7O12S3. The van der Waals surface area contributed by atoms with Gasteiger partial charge in [0.25, 0.3) is 9.84 Å². The smallest absolute Gasteiger partial charge is 0.498 e. The van der Waals surface area contributed by atoms with Crippen LogP contribution in [0.15, 0.2) is 170 Å². The fourth-order valence-electron chi connectivity index (χ4n) is 12.2. The number of hydrogen-bond acceptors (Lipinski definition) is 12. The summed E-state index contributed by atoms with van der Waals surface area (Å²) in [4.78, 5) is 24.4. The number of benzene rings is 6. The first kappa shape index (κ1) is 61.3. The van der Waals surface area contributed by atoms with Crippen molar-refractivity contribution in [2.45, 2.75) is 76.9 Å². The molecule has 0 aliphatic heterocycles. The molecule has 0 spiro atoms. The first-order valence-corrected chi connectivity index (χ1v) is 31.1. The van der Waals surface area contributed by atoms with E-state index in [1.54, 1.807) is 48.5 Å². The van der Waals surface area contributed by atoms with Crippen LogP contribution in [0.1, 0.15) is 84.7 Å². The molecule has 2 N–H and O–H groups in total. The Morgan fingerprint density at radius 3 is 0.988 bits per heavy atom. The van der Waals surface area contributed by atoms with Crippen molar-refractivity contribution in [1.29, 1.82) is 0 Å². The third-order valence-corrected chi connectivity index (χ3v) is 21.9. The Morgan fingerprint density at radius 2 is 0.720 bits per heavy atom. The largest absolute Gasteiger partial charge is 0.508 e. The monoisotopic (exact) mass is 1200 g/mol. The third-order valence-electron chi connectivity index (χ3n) is 16.2. The van der Waals surface area contributed by atoms with E-state index in [1.165, 1.54) is 121 Å². The highest BCUT2D eigenvalue weighted by Crippen LogP contribution is 2.53. The number of carbonyl (C=O) groups is 2. The van der Waals surface area contributed by atoms with Crippen LogP contribution in [0.5, 0.6) is 11.5 Å². The molecule has 6 atom stereocenters. The number of halogens is 7. The molecule has 0 saturated heterocycles. The summed E-state index contributed by atoms with van der Waals surface area (Å²) in [5.74, 6) is -1.26. The second kappa shape index (κ2) is 23.8. The van der Waals surface area contributed by atoms with Crippen molar-refractivity contribution in [3.8, 4) is 11.5 Å². The van der Waals surface area contributed by atoms with Gasteiger partial charge in [-0.05, 0) is 120 Å². The molecule has 6 aromatic rings. The second-order valence-corrected chi connectivity index (χ2v) is 27.6. The van der Waals surface area contributed by atoms with E-state index < -0.39 is 86.1 Å². The predicted octanol–water partition coefficient (Wildman–Crippen LogP) is 11.9.